The molecule has 0 spiro atoms. The van der Waals surface area contributed by atoms with Crippen LogP contribution >= 0.6 is 11.6 Å². The highest BCUT2D eigenvalue weighted by Crippen LogP contribution is 2.33. The van der Waals surface area contributed by atoms with E-state index in [0.29, 0.717) is 17.4 Å². The Kier molecular flexibility index (Phi) is 6.42. The van der Waals surface area contributed by atoms with Crippen molar-refractivity contribution in [2.24, 2.45) is 0 Å². The number of aromatic nitrogens is 2. The maximum absolute atomic E-state index is 14.0. The summed E-state index contributed by atoms with van der Waals surface area (Å²) < 4.78 is 14.0. The maximum atomic E-state index is 14.0. The first-order valence-corrected chi connectivity index (χ1v) is 11.1. The quantitative estimate of drug-likeness (QED) is 0.585. The van der Waals surface area contributed by atoms with Crippen molar-refractivity contribution < 1.29 is 14.0 Å². The minimum absolute atomic E-state index is 0.0988. The first kappa shape index (κ1) is 22.9. The van der Waals surface area contributed by atoms with Crippen LogP contribution in [0.25, 0.3) is 11.4 Å². The van der Waals surface area contributed by atoms with Gasteiger partial charge < -0.3 is 10.2 Å². The van der Waals surface area contributed by atoms with Crippen LogP contribution in [-0.2, 0) is 4.79 Å². The molecule has 170 valence electrons. The average molecular weight is 467 g/mol. The van der Waals surface area contributed by atoms with E-state index in [2.05, 4.69) is 10.3 Å². The molecule has 1 saturated heterocycles. The zero-order chi connectivity index (χ0) is 23.6. The normalized spacial score (nSPS) is 16.0. The Labute approximate surface area is 196 Å². The number of likely N-dealkylation sites (tertiary alicyclic amines) is 1. The number of hydrogen-bond acceptors (Lipinski definition) is 4. The van der Waals surface area contributed by atoms with Crippen molar-refractivity contribution in [3.8, 4) is 11.4 Å². The Morgan fingerprint density at radius 2 is 1.94 bits per heavy atom. The summed E-state index contributed by atoms with van der Waals surface area (Å²) >= 11 is 6.11. The lowest BCUT2D eigenvalue weighted by Crippen LogP contribution is -2.55. The second-order valence-electron chi connectivity index (χ2n) is 8.53. The van der Waals surface area contributed by atoms with Crippen molar-refractivity contribution in [2.45, 2.75) is 38.3 Å². The lowest BCUT2D eigenvalue weighted by Gasteiger charge is -2.33. The maximum Gasteiger partial charge on any atom is 0.255 e. The van der Waals surface area contributed by atoms with Crippen LogP contribution in [0.4, 0.5) is 4.39 Å². The summed E-state index contributed by atoms with van der Waals surface area (Å²) in [5, 5.41) is 3.28. The van der Waals surface area contributed by atoms with Crippen molar-refractivity contribution in [1.82, 2.24) is 20.2 Å². The van der Waals surface area contributed by atoms with Crippen LogP contribution in [0.1, 0.15) is 48.8 Å². The van der Waals surface area contributed by atoms with Gasteiger partial charge in [-0.1, -0.05) is 35.9 Å². The molecule has 0 radical (unpaired) electrons. The van der Waals surface area contributed by atoms with Crippen LogP contribution in [0.15, 0.2) is 60.8 Å². The predicted molar refractivity (Wildman–Crippen MR) is 124 cm³/mol. The molecule has 3 aromatic rings. The van der Waals surface area contributed by atoms with Gasteiger partial charge in [-0.2, -0.15) is 0 Å². The van der Waals surface area contributed by atoms with Gasteiger partial charge in [-0.05, 0) is 57.0 Å². The highest BCUT2D eigenvalue weighted by atomic mass is 35.5. The van der Waals surface area contributed by atoms with E-state index >= 15 is 0 Å². The smallest absolute Gasteiger partial charge is 0.255 e. The zero-order valence-corrected chi connectivity index (χ0v) is 19.1. The van der Waals surface area contributed by atoms with Gasteiger partial charge in [0.05, 0.1) is 17.3 Å². The van der Waals surface area contributed by atoms with E-state index in [-0.39, 0.29) is 17.5 Å². The van der Waals surface area contributed by atoms with Gasteiger partial charge in [-0.3, -0.25) is 9.59 Å². The summed E-state index contributed by atoms with van der Waals surface area (Å²) in [6, 6.07) is 14.5. The fraction of sp³-hybridized carbons (Fsp3) is 0.280. The number of halogens is 2. The third-order valence-electron chi connectivity index (χ3n) is 5.69. The summed E-state index contributed by atoms with van der Waals surface area (Å²) in [6.07, 6.45) is 3.23. The van der Waals surface area contributed by atoms with Crippen molar-refractivity contribution in [1.29, 1.82) is 0 Å². The molecule has 1 aliphatic heterocycles. The van der Waals surface area contributed by atoms with E-state index in [1.807, 2.05) is 12.1 Å². The van der Waals surface area contributed by atoms with E-state index in [1.165, 1.54) is 18.2 Å². The Morgan fingerprint density at radius 3 is 2.70 bits per heavy atom. The SMILES string of the molecule is CC(C)(NC(=O)c1ccccc1F)C(=O)N1CCC[C@H]1c1ccnc(-c2cccc(Cl)c2)n1. The topological polar surface area (TPSA) is 75.2 Å². The standard InChI is InChI=1S/C25H24ClFN4O2/c1-25(2,30-23(32)18-9-3-4-10-19(18)27)24(33)31-14-6-11-21(31)20-12-13-28-22(29-20)16-7-5-8-17(26)15-16/h3-5,7-10,12-13,15,21H,6,11,14H2,1-2H3,(H,30,32)/t21-/m0/s1. The summed E-state index contributed by atoms with van der Waals surface area (Å²) in [4.78, 5) is 36.9. The fourth-order valence-electron chi connectivity index (χ4n) is 4.05. The van der Waals surface area contributed by atoms with Crippen molar-refractivity contribution in [3.63, 3.8) is 0 Å². The van der Waals surface area contributed by atoms with E-state index in [4.69, 9.17) is 16.6 Å². The van der Waals surface area contributed by atoms with Crippen LogP contribution in [0, 0.1) is 5.82 Å². The van der Waals surface area contributed by atoms with E-state index < -0.39 is 17.3 Å². The van der Waals surface area contributed by atoms with E-state index in [1.54, 1.807) is 49.2 Å². The molecular weight excluding hydrogens is 443 g/mol. The molecule has 0 aliphatic carbocycles. The molecule has 2 aromatic carbocycles. The largest absolute Gasteiger partial charge is 0.338 e. The number of carbonyl (C=O) groups is 2. The third kappa shape index (κ3) is 4.88. The van der Waals surface area contributed by atoms with Gasteiger partial charge in [-0.15, -0.1) is 0 Å². The molecule has 0 saturated carbocycles. The van der Waals surface area contributed by atoms with Crippen LogP contribution < -0.4 is 5.32 Å². The first-order valence-electron chi connectivity index (χ1n) is 10.7. The molecule has 0 unspecified atom stereocenters. The molecule has 1 atom stereocenters. The van der Waals surface area contributed by atoms with Crippen LogP contribution in [0.3, 0.4) is 0 Å². The Hall–Kier alpha value is -3.32. The van der Waals surface area contributed by atoms with Crippen LogP contribution in [0.5, 0.6) is 0 Å². The molecule has 8 heteroatoms. The fourth-order valence-corrected chi connectivity index (χ4v) is 4.24. The number of rotatable bonds is 5. The van der Waals surface area contributed by atoms with Gasteiger partial charge >= 0.3 is 0 Å². The average Bonchev–Trinajstić information content (AvgIpc) is 3.28. The van der Waals surface area contributed by atoms with Gasteiger partial charge in [0.2, 0.25) is 5.91 Å². The molecule has 33 heavy (non-hydrogen) atoms. The molecule has 1 N–H and O–H groups in total. The highest BCUT2D eigenvalue weighted by molar-refractivity contribution is 6.30. The number of benzene rings is 2. The number of amides is 2. The molecule has 1 aliphatic rings. The lowest BCUT2D eigenvalue weighted by atomic mass is 10.0. The van der Waals surface area contributed by atoms with Crippen molar-refractivity contribution in [3.05, 3.63) is 82.9 Å². The van der Waals surface area contributed by atoms with Crippen molar-refractivity contribution >= 4 is 23.4 Å². The summed E-state index contributed by atoms with van der Waals surface area (Å²) in [7, 11) is 0. The number of hydrogen-bond donors (Lipinski definition) is 1. The van der Waals surface area contributed by atoms with E-state index in [0.717, 1.165) is 24.1 Å². The Bertz CT molecular complexity index is 1200. The molecule has 0 bridgehead atoms. The van der Waals surface area contributed by atoms with Crippen LogP contribution in [-0.4, -0.2) is 38.8 Å². The van der Waals surface area contributed by atoms with Crippen LogP contribution in [0.2, 0.25) is 5.02 Å². The van der Waals surface area contributed by atoms with E-state index in [9.17, 15) is 14.0 Å². The van der Waals surface area contributed by atoms with Gasteiger partial charge in [0.15, 0.2) is 5.82 Å². The molecule has 1 fully saturated rings. The summed E-state index contributed by atoms with van der Waals surface area (Å²) in [6.45, 7) is 3.79. The molecule has 2 heterocycles. The van der Waals surface area contributed by atoms with Gasteiger partial charge in [0, 0.05) is 23.3 Å². The Balaban J connectivity index is 1.55. The lowest BCUT2D eigenvalue weighted by molar-refractivity contribution is -0.137. The number of carbonyl (C=O) groups excluding carboxylic acids is 2. The van der Waals surface area contributed by atoms with Gasteiger partial charge in [-0.25, -0.2) is 14.4 Å². The number of nitrogens with zero attached hydrogens (tertiary/aromatic N) is 3. The zero-order valence-electron chi connectivity index (χ0n) is 18.4. The summed E-state index contributed by atoms with van der Waals surface area (Å²) in [5.41, 5.74) is 0.184. The molecule has 1 aromatic heterocycles. The number of nitrogens with one attached hydrogen (secondary N) is 1. The highest BCUT2D eigenvalue weighted by Gasteiger charge is 2.40. The predicted octanol–water partition coefficient (Wildman–Crippen LogP) is 4.81. The molecule has 4 rings (SSSR count). The minimum atomic E-state index is -1.23. The third-order valence-corrected chi connectivity index (χ3v) is 5.93. The first-order chi connectivity index (χ1) is 15.8. The van der Waals surface area contributed by atoms with Gasteiger partial charge in [0.25, 0.3) is 5.91 Å². The molecule has 6 nitrogen and oxygen atoms in total. The Morgan fingerprint density at radius 1 is 1.15 bits per heavy atom. The van der Waals surface area contributed by atoms with Gasteiger partial charge in [0.1, 0.15) is 11.4 Å². The monoisotopic (exact) mass is 466 g/mol. The van der Waals surface area contributed by atoms with Crippen molar-refractivity contribution in [2.75, 3.05) is 6.54 Å². The second-order valence-corrected chi connectivity index (χ2v) is 8.97. The summed E-state index contributed by atoms with van der Waals surface area (Å²) in [5.74, 6) is -0.988. The molecular formula is C25H24ClFN4O2. The second kappa shape index (κ2) is 9.27. The minimum Gasteiger partial charge on any atom is -0.338 e. The molecule has 2 amide bonds.